The summed E-state index contributed by atoms with van der Waals surface area (Å²) in [6.07, 6.45) is 2.61. The van der Waals surface area contributed by atoms with Gasteiger partial charge in [-0.2, -0.15) is 0 Å². The molecule has 2 aromatic heterocycles. The second-order valence-electron chi connectivity index (χ2n) is 5.36. The predicted molar refractivity (Wildman–Crippen MR) is 79.6 cm³/mol. The summed E-state index contributed by atoms with van der Waals surface area (Å²) in [5.41, 5.74) is 4.79. The van der Waals surface area contributed by atoms with E-state index in [1.165, 1.54) is 11.1 Å². The van der Waals surface area contributed by atoms with Crippen LogP contribution in [0.3, 0.4) is 0 Å². The topological polar surface area (TPSA) is 55.6 Å². The van der Waals surface area contributed by atoms with E-state index < -0.39 is 0 Å². The summed E-state index contributed by atoms with van der Waals surface area (Å²) in [5.74, 6) is 1.00. The van der Waals surface area contributed by atoms with Gasteiger partial charge in [0.05, 0.1) is 0 Å². The maximum absolute atomic E-state index is 4.56. The lowest BCUT2D eigenvalue weighted by atomic mass is 10.0. The molecule has 0 saturated carbocycles. The van der Waals surface area contributed by atoms with Crippen molar-refractivity contribution in [2.75, 3.05) is 6.54 Å². The van der Waals surface area contributed by atoms with Crippen molar-refractivity contribution in [1.82, 2.24) is 25.1 Å². The van der Waals surface area contributed by atoms with Gasteiger partial charge in [-0.15, -0.1) is 10.2 Å². The van der Waals surface area contributed by atoms with Crippen LogP contribution in [0.5, 0.6) is 0 Å². The molecule has 2 heterocycles. The van der Waals surface area contributed by atoms with Crippen molar-refractivity contribution in [3.8, 4) is 0 Å². The molecule has 1 unspecified atom stereocenters. The van der Waals surface area contributed by atoms with Crippen molar-refractivity contribution < 1.29 is 0 Å². The van der Waals surface area contributed by atoms with Gasteiger partial charge in [-0.3, -0.25) is 4.98 Å². The summed E-state index contributed by atoms with van der Waals surface area (Å²) in [4.78, 5) is 4.56. The second-order valence-corrected chi connectivity index (χ2v) is 5.36. The van der Waals surface area contributed by atoms with Gasteiger partial charge in [-0.25, -0.2) is 0 Å². The van der Waals surface area contributed by atoms with Gasteiger partial charge in [0.15, 0.2) is 0 Å². The molecule has 0 aliphatic rings. The second kappa shape index (κ2) is 6.13. The average molecular weight is 273 g/mol. The van der Waals surface area contributed by atoms with Crippen molar-refractivity contribution in [2.24, 2.45) is 7.05 Å². The Bertz CT molecular complexity index is 565. The highest BCUT2D eigenvalue weighted by atomic mass is 15.2. The smallest absolute Gasteiger partial charge is 0.133 e. The van der Waals surface area contributed by atoms with Crippen molar-refractivity contribution in [3.63, 3.8) is 0 Å². The number of hydrogen-bond acceptors (Lipinski definition) is 4. The zero-order chi connectivity index (χ0) is 14.7. The van der Waals surface area contributed by atoms with Crippen LogP contribution in [0, 0.1) is 20.8 Å². The molecule has 0 amide bonds. The van der Waals surface area contributed by atoms with E-state index in [1.807, 2.05) is 18.5 Å². The van der Waals surface area contributed by atoms with Gasteiger partial charge < -0.3 is 9.88 Å². The number of hydrogen-bond donors (Lipinski definition) is 1. The van der Waals surface area contributed by atoms with Crippen molar-refractivity contribution >= 4 is 0 Å². The zero-order valence-corrected chi connectivity index (χ0v) is 12.9. The highest BCUT2D eigenvalue weighted by molar-refractivity contribution is 5.33. The largest absolute Gasteiger partial charge is 0.321 e. The van der Waals surface area contributed by atoms with Gasteiger partial charge in [-0.05, 0) is 44.9 Å². The average Bonchev–Trinajstić information content (AvgIpc) is 2.74. The van der Waals surface area contributed by atoms with Gasteiger partial charge in [0.25, 0.3) is 0 Å². The molecule has 20 heavy (non-hydrogen) atoms. The fourth-order valence-corrected chi connectivity index (χ4v) is 2.72. The molecule has 108 valence electrons. The molecule has 5 nitrogen and oxygen atoms in total. The lowest BCUT2D eigenvalue weighted by Gasteiger charge is -2.19. The Kier molecular flexibility index (Phi) is 4.49. The highest BCUT2D eigenvalue weighted by Crippen LogP contribution is 2.20. The van der Waals surface area contributed by atoms with Crippen LogP contribution < -0.4 is 5.32 Å². The number of aromatic nitrogens is 4. The molecular weight excluding hydrogens is 250 g/mol. The minimum atomic E-state index is 0.288. The van der Waals surface area contributed by atoms with Crippen LogP contribution in [-0.4, -0.2) is 26.3 Å². The highest BCUT2D eigenvalue weighted by Gasteiger charge is 2.12. The van der Waals surface area contributed by atoms with Gasteiger partial charge in [0.2, 0.25) is 0 Å². The maximum atomic E-state index is 4.56. The first-order valence-corrected chi connectivity index (χ1v) is 7.00. The molecule has 0 aromatic carbocycles. The Morgan fingerprint density at radius 2 is 2.05 bits per heavy atom. The van der Waals surface area contributed by atoms with E-state index in [-0.39, 0.29) is 6.04 Å². The summed E-state index contributed by atoms with van der Waals surface area (Å²) in [6, 6.07) is 2.43. The van der Waals surface area contributed by atoms with Crippen molar-refractivity contribution in [2.45, 2.75) is 40.2 Å². The lowest BCUT2D eigenvalue weighted by molar-refractivity contribution is 0.558. The van der Waals surface area contributed by atoms with Crippen LogP contribution in [0.15, 0.2) is 12.4 Å². The first-order chi connectivity index (χ1) is 9.49. The fourth-order valence-electron chi connectivity index (χ4n) is 2.72. The van der Waals surface area contributed by atoms with Gasteiger partial charge in [0.1, 0.15) is 12.2 Å². The van der Waals surface area contributed by atoms with Crippen LogP contribution in [0.1, 0.15) is 41.3 Å². The van der Waals surface area contributed by atoms with Crippen LogP contribution in [-0.2, 0) is 13.5 Å². The van der Waals surface area contributed by atoms with E-state index in [9.17, 15) is 0 Å². The van der Waals surface area contributed by atoms with Crippen molar-refractivity contribution in [1.29, 1.82) is 0 Å². The van der Waals surface area contributed by atoms with E-state index >= 15 is 0 Å². The number of rotatable bonds is 5. The van der Waals surface area contributed by atoms with Gasteiger partial charge in [-0.1, -0.05) is 0 Å². The summed E-state index contributed by atoms with van der Waals surface area (Å²) in [5, 5.41) is 11.5. The summed E-state index contributed by atoms with van der Waals surface area (Å²) < 4.78 is 1.95. The summed E-state index contributed by atoms with van der Waals surface area (Å²) >= 11 is 0. The third kappa shape index (κ3) is 3.22. The molecule has 2 rings (SSSR count). The van der Waals surface area contributed by atoms with E-state index in [2.05, 4.69) is 47.3 Å². The first-order valence-electron chi connectivity index (χ1n) is 7.00. The van der Waals surface area contributed by atoms with Crippen LogP contribution in [0.2, 0.25) is 0 Å². The lowest BCUT2D eigenvalue weighted by Crippen LogP contribution is -2.24. The quantitative estimate of drug-likeness (QED) is 0.905. The third-order valence-corrected chi connectivity index (χ3v) is 3.62. The molecule has 0 aliphatic carbocycles. The Morgan fingerprint density at radius 3 is 2.65 bits per heavy atom. The minimum absolute atomic E-state index is 0.288. The first kappa shape index (κ1) is 14.7. The van der Waals surface area contributed by atoms with Crippen LogP contribution >= 0.6 is 0 Å². The van der Waals surface area contributed by atoms with Crippen LogP contribution in [0.25, 0.3) is 0 Å². The molecule has 0 radical (unpaired) electrons. The molecule has 2 aromatic rings. The van der Waals surface area contributed by atoms with E-state index in [1.54, 1.807) is 6.33 Å². The molecule has 0 saturated heterocycles. The number of aryl methyl sites for hydroxylation is 4. The molecular formula is C15H23N5. The summed E-state index contributed by atoms with van der Waals surface area (Å²) in [6.45, 7) is 9.33. The SMILES string of the molecule is Cc1cc(C)c(C(C)NCCc2nncn2C)c(C)n1. The van der Waals surface area contributed by atoms with E-state index in [0.717, 1.165) is 30.2 Å². The Morgan fingerprint density at radius 1 is 1.30 bits per heavy atom. The molecule has 1 N–H and O–H groups in total. The molecule has 0 fully saturated rings. The molecule has 0 bridgehead atoms. The molecule has 0 aliphatic heterocycles. The van der Waals surface area contributed by atoms with E-state index in [0.29, 0.717) is 0 Å². The Balaban J connectivity index is 1.99. The predicted octanol–water partition coefficient (Wildman–Crippen LogP) is 2.03. The molecule has 5 heteroatoms. The molecule has 0 spiro atoms. The number of nitrogens with zero attached hydrogens (tertiary/aromatic N) is 4. The standard InChI is InChI=1S/C15H23N5/c1-10-8-11(2)18-13(4)15(10)12(3)16-7-6-14-19-17-9-20(14)5/h8-9,12,16H,6-7H2,1-5H3. The van der Waals surface area contributed by atoms with Crippen LogP contribution in [0.4, 0.5) is 0 Å². The molecule has 1 atom stereocenters. The number of pyridine rings is 1. The fraction of sp³-hybridized carbons (Fsp3) is 0.533. The maximum Gasteiger partial charge on any atom is 0.133 e. The Labute approximate surface area is 120 Å². The van der Waals surface area contributed by atoms with Gasteiger partial charge >= 0.3 is 0 Å². The normalized spacial score (nSPS) is 12.7. The minimum Gasteiger partial charge on any atom is -0.321 e. The summed E-state index contributed by atoms with van der Waals surface area (Å²) in [7, 11) is 1.97. The van der Waals surface area contributed by atoms with Gasteiger partial charge in [0, 0.05) is 37.4 Å². The van der Waals surface area contributed by atoms with Crippen molar-refractivity contribution in [3.05, 3.63) is 40.7 Å². The monoisotopic (exact) mass is 273 g/mol. The Hall–Kier alpha value is -1.75. The zero-order valence-electron chi connectivity index (χ0n) is 12.9. The van der Waals surface area contributed by atoms with E-state index in [4.69, 9.17) is 0 Å². The third-order valence-electron chi connectivity index (χ3n) is 3.62. The number of nitrogens with one attached hydrogen (secondary N) is 1.